The molecule has 1 heterocycles. The van der Waals surface area contributed by atoms with Gasteiger partial charge in [-0.3, -0.25) is 0 Å². The number of rotatable bonds is 5. The van der Waals surface area contributed by atoms with Crippen molar-refractivity contribution in [3.63, 3.8) is 0 Å². The standard InChI is InChI=1S/C17H16N2OS/c1-2-20-15-10-8-14(9-11-15)18-17-19-16(12-21-17)13-6-4-3-5-7-13/h3-12H,2H2,1H3,(H,18,19)/p+1. The van der Waals surface area contributed by atoms with Gasteiger partial charge < -0.3 is 4.74 Å². The van der Waals surface area contributed by atoms with Gasteiger partial charge in [0.15, 0.2) is 0 Å². The van der Waals surface area contributed by atoms with Gasteiger partial charge in [-0.1, -0.05) is 41.7 Å². The van der Waals surface area contributed by atoms with Gasteiger partial charge in [0.05, 0.1) is 6.61 Å². The lowest BCUT2D eigenvalue weighted by Gasteiger charge is -2.02. The molecule has 0 aliphatic carbocycles. The average Bonchev–Trinajstić information content (AvgIpc) is 2.99. The van der Waals surface area contributed by atoms with Crippen molar-refractivity contribution < 1.29 is 9.72 Å². The van der Waals surface area contributed by atoms with E-state index in [0.29, 0.717) is 6.61 Å². The van der Waals surface area contributed by atoms with Gasteiger partial charge in [0.1, 0.15) is 17.1 Å². The first-order chi connectivity index (χ1) is 10.3. The van der Waals surface area contributed by atoms with Crippen molar-refractivity contribution >= 4 is 22.2 Å². The monoisotopic (exact) mass is 297 g/mol. The number of aromatic nitrogens is 1. The summed E-state index contributed by atoms with van der Waals surface area (Å²) in [4.78, 5) is 3.39. The molecule has 0 saturated carbocycles. The van der Waals surface area contributed by atoms with Crippen LogP contribution in [0.5, 0.6) is 5.75 Å². The van der Waals surface area contributed by atoms with E-state index < -0.39 is 0 Å². The van der Waals surface area contributed by atoms with E-state index in [2.05, 4.69) is 27.8 Å². The number of hydrogen-bond donors (Lipinski definition) is 1. The maximum Gasteiger partial charge on any atom is 0.337 e. The fourth-order valence-electron chi connectivity index (χ4n) is 2.05. The van der Waals surface area contributed by atoms with Gasteiger partial charge in [-0.25, -0.2) is 10.3 Å². The Labute approximate surface area is 128 Å². The molecule has 0 radical (unpaired) electrons. The van der Waals surface area contributed by atoms with Crippen LogP contribution in [0, 0.1) is 0 Å². The van der Waals surface area contributed by atoms with Gasteiger partial charge in [-0.2, -0.15) is 0 Å². The largest absolute Gasteiger partial charge is 0.494 e. The third-order valence-corrected chi connectivity index (χ3v) is 3.84. The Morgan fingerprint density at radius 2 is 1.81 bits per heavy atom. The molecule has 2 N–H and O–H groups in total. The molecule has 0 aliphatic rings. The van der Waals surface area contributed by atoms with Crippen LogP contribution in [-0.4, -0.2) is 6.61 Å². The van der Waals surface area contributed by atoms with E-state index in [1.165, 1.54) is 5.56 Å². The number of benzene rings is 2. The Balaban J connectivity index is 1.72. The van der Waals surface area contributed by atoms with Crippen molar-refractivity contribution in [3.8, 4) is 17.0 Å². The first kappa shape index (κ1) is 13.6. The number of thiazole rings is 1. The highest BCUT2D eigenvalue weighted by Gasteiger charge is 2.10. The van der Waals surface area contributed by atoms with Gasteiger partial charge in [0.2, 0.25) is 0 Å². The lowest BCUT2D eigenvalue weighted by molar-refractivity contribution is -0.340. The van der Waals surface area contributed by atoms with Gasteiger partial charge in [-0.05, 0) is 31.2 Å². The van der Waals surface area contributed by atoms with Crippen molar-refractivity contribution in [1.29, 1.82) is 0 Å². The molecule has 2 aromatic carbocycles. The van der Waals surface area contributed by atoms with Crippen molar-refractivity contribution in [2.24, 2.45) is 0 Å². The Hall–Kier alpha value is -2.33. The average molecular weight is 297 g/mol. The molecule has 21 heavy (non-hydrogen) atoms. The van der Waals surface area contributed by atoms with Crippen LogP contribution in [0.25, 0.3) is 11.3 Å². The minimum atomic E-state index is 0.686. The summed E-state index contributed by atoms with van der Waals surface area (Å²) in [5.41, 5.74) is 3.35. The van der Waals surface area contributed by atoms with E-state index in [4.69, 9.17) is 4.74 Å². The summed E-state index contributed by atoms with van der Waals surface area (Å²) in [5.74, 6) is 0.892. The summed E-state index contributed by atoms with van der Waals surface area (Å²) in [5, 5.41) is 6.50. The maximum atomic E-state index is 5.44. The molecular weight excluding hydrogens is 280 g/mol. The Morgan fingerprint density at radius 3 is 2.52 bits per heavy atom. The van der Waals surface area contributed by atoms with E-state index >= 15 is 0 Å². The lowest BCUT2D eigenvalue weighted by Crippen LogP contribution is -2.07. The fraction of sp³-hybridized carbons (Fsp3) is 0.118. The first-order valence-corrected chi connectivity index (χ1v) is 7.79. The molecule has 0 fully saturated rings. The Morgan fingerprint density at radius 1 is 1.05 bits per heavy atom. The lowest BCUT2D eigenvalue weighted by atomic mass is 10.2. The minimum absolute atomic E-state index is 0.686. The number of anilines is 2. The summed E-state index contributed by atoms with van der Waals surface area (Å²) >= 11 is 1.66. The van der Waals surface area contributed by atoms with Gasteiger partial charge >= 0.3 is 5.13 Å². The summed E-state index contributed by atoms with van der Waals surface area (Å²) in [6.45, 7) is 2.67. The van der Waals surface area contributed by atoms with Crippen molar-refractivity contribution in [1.82, 2.24) is 0 Å². The molecule has 0 saturated heterocycles. The second-order valence-electron chi connectivity index (χ2n) is 4.55. The highest BCUT2D eigenvalue weighted by molar-refractivity contribution is 7.13. The molecule has 0 aliphatic heterocycles. The van der Waals surface area contributed by atoms with E-state index in [1.54, 1.807) is 11.3 Å². The molecule has 0 spiro atoms. The molecule has 3 nitrogen and oxygen atoms in total. The zero-order valence-corrected chi connectivity index (χ0v) is 12.6. The number of nitrogens with one attached hydrogen (secondary N) is 2. The summed E-state index contributed by atoms with van der Waals surface area (Å²) < 4.78 is 5.44. The fourth-order valence-corrected chi connectivity index (χ4v) is 2.83. The van der Waals surface area contributed by atoms with Crippen LogP contribution in [0.3, 0.4) is 0 Å². The predicted molar refractivity (Wildman–Crippen MR) is 87.2 cm³/mol. The van der Waals surface area contributed by atoms with Crippen LogP contribution in [-0.2, 0) is 0 Å². The molecule has 0 atom stereocenters. The number of ether oxygens (including phenoxy) is 1. The van der Waals surface area contributed by atoms with Crippen LogP contribution >= 0.6 is 11.3 Å². The molecule has 3 rings (SSSR count). The zero-order valence-electron chi connectivity index (χ0n) is 11.8. The van der Waals surface area contributed by atoms with Gasteiger partial charge in [-0.15, -0.1) is 0 Å². The quantitative estimate of drug-likeness (QED) is 0.759. The molecule has 0 bridgehead atoms. The highest BCUT2D eigenvalue weighted by atomic mass is 32.1. The van der Waals surface area contributed by atoms with Crippen molar-refractivity contribution in [3.05, 3.63) is 60.0 Å². The maximum absolute atomic E-state index is 5.44. The Kier molecular flexibility index (Phi) is 4.17. The van der Waals surface area contributed by atoms with Crippen molar-refractivity contribution in [2.75, 3.05) is 11.9 Å². The molecular formula is C17H17N2OS+. The normalized spacial score (nSPS) is 10.3. The predicted octanol–water partition coefficient (Wildman–Crippen LogP) is 4.37. The molecule has 0 unspecified atom stereocenters. The SMILES string of the molecule is CCOc1ccc(Nc2[nH+]c(-c3ccccc3)cs2)cc1. The first-order valence-electron chi connectivity index (χ1n) is 6.91. The number of H-pyrrole nitrogens is 1. The molecule has 1 aromatic heterocycles. The molecule has 106 valence electrons. The minimum Gasteiger partial charge on any atom is -0.494 e. The summed E-state index contributed by atoms with van der Waals surface area (Å²) in [7, 11) is 0. The number of hydrogen-bond acceptors (Lipinski definition) is 3. The van der Waals surface area contributed by atoms with Crippen LogP contribution in [0.1, 0.15) is 6.92 Å². The second kappa shape index (κ2) is 6.41. The smallest absolute Gasteiger partial charge is 0.337 e. The third kappa shape index (κ3) is 3.41. The zero-order chi connectivity index (χ0) is 14.5. The third-order valence-electron chi connectivity index (χ3n) is 3.05. The Bertz CT molecular complexity index is 692. The van der Waals surface area contributed by atoms with Crippen molar-refractivity contribution in [2.45, 2.75) is 6.92 Å². The molecule has 4 heteroatoms. The van der Waals surface area contributed by atoms with E-state index in [1.807, 2.05) is 49.4 Å². The van der Waals surface area contributed by atoms with E-state index in [0.717, 1.165) is 22.3 Å². The van der Waals surface area contributed by atoms with Crippen LogP contribution in [0.2, 0.25) is 0 Å². The van der Waals surface area contributed by atoms with E-state index in [9.17, 15) is 0 Å². The molecule has 0 amide bonds. The van der Waals surface area contributed by atoms with Gasteiger partial charge in [0.25, 0.3) is 0 Å². The second-order valence-corrected chi connectivity index (χ2v) is 5.43. The number of aromatic amines is 1. The van der Waals surface area contributed by atoms with Gasteiger partial charge in [0, 0.05) is 10.9 Å². The van der Waals surface area contributed by atoms with E-state index in [-0.39, 0.29) is 0 Å². The van der Waals surface area contributed by atoms with Crippen LogP contribution in [0.4, 0.5) is 10.8 Å². The molecule has 3 aromatic rings. The topological polar surface area (TPSA) is 35.4 Å². The van der Waals surface area contributed by atoms with Crippen LogP contribution in [0.15, 0.2) is 60.0 Å². The van der Waals surface area contributed by atoms with Crippen LogP contribution < -0.4 is 15.0 Å². The summed E-state index contributed by atoms with van der Waals surface area (Å²) in [6.07, 6.45) is 0. The summed E-state index contributed by atoms with van der Waals surface area (Å²) in [6, 6.07) is 18.3. The highest BCUT2D eigenvalue weighted by Crippen LogP contribution is 2.24.